The van der Waals surface area contributed by atoms with Crippen molar-refractivity contribution in [2.24, 2.45) is 0 Å². The van der Waals surface area contributed by atoms with E-state index in [9.17, 15) is 0 Å². The molecule has 4 heterocycles. The third kappa shape index (κ3) is 2.28. The Morgan fingerprint density at radius 3 is 2.76 bits per heavy atom. The van der Waals surface area contributed by atoms with Gasteiger partial charge in [-0.2, -0.15) is 9.61 Å². The van der Waals surface area contributed by atoms with Crippen molar-refractivity contribution in [2.45, 2.75) is 12.8 Å². The zero-order valence-corrected chi connectivity index (χ0v) is 12.5. The Hall–Kier alpha value is -1.66. The first-order valence-corrected chi connectivity index (χ1v) is 7.82. The monoisotopic (exact) mass is 286 g/mol. The van der Waals surface area contributed by atoms with Crippen molar-refractivity contribution >= 4 is 11.5 Å². The standard InChI is InChI=1S/C15H22N6/c1-19-8-10-20(11-9-19)15-12-2-5-16-6-3-13(12)18-14-4-7-17-21(14)15/h4,7,16H,2-3,5-6,8-11H2,1H3. The van der Waals surface area contributed by atoms with Crippen LogP contribution in [0.4, 0.5) is 5.82 Å². The molecule has 21 heavy (non-hydrogen) atoms. The summed E-state index contributed by atoms with van der Waals surface area (Å²) in [6.45, 7) is 6.40. The van der Waals surface area contributed by atoms with Crippen LogP contribution in [-0.2, 0) is 12.8 Å². The Kier molecular flexibility index (Phi) is 3.27. The van der Waals surface area contributed by atoms with Crippen LogP contribution in [-0.4, -0.2) is 65.8 Å². The molecule has 0 spiro atoms. The number of anilines is 1. The summed E-state index contributed by atoms with van der Waals surface area (Å²) in [4.78, 5) is 9.71. The fourth-order valence-corrected chi connectivity index (χ4v) is 3.36. The highest BCUT2D eigenvalue weighted by atomic mass is 15.4. The smallest absolute Gasteiger partial charge is 0.157 e. The second-order valence-electron chi connectivity index (χ2n) is 6.00. The van der Waals surface area contributed by atoms with Gasteiger partial charge in [-0.25, -0.2) is 4.98 Å². The van der Waals surface area contributed by atoms with Crippen molar-refractivity contribution in [2.75, 3.05) is 51.2 Å². The van der Waals surface area contributed by atoms with Crippen LogP contribution < -0.4 is 10.2 Å². The van der Waals surface area contributed by atoms with Gasteiger partial charge in [0.25, 0.3) is 0 Å². The number of nitrogens with one attached hydrogen (secondary N) is 1. The molecule has 0 unspecified atom stereocenters. The molecule has 2 aromatic rings. The Bertz CT molecular complexity index is 641. The predicted molar refractivity (Wildman–Crippen MR) is 83.0 cm³/mol. The molecular weight excluding hydrogens is 264 g/mol. The van der Waals surface area contributed by atoms with E-state index in [1.807, 2.05) is 16.8 Å². The third-order valence-corrected chi connectivity index (χ3v) is 4.58. The van der Waals surface area contributed by atoms with Gasteiger partial charge in [-0.1, -0.05) is 0 Å². The zero-order chi connectivity index (χ0) is 14.2. The number of rotatable bonds is 1. The van der Waals surface area contributed by atoms with Gasteiger partial charge in [-0.15, -0.1) is 0 Å². The molecule has 0 radical (unpaired) electrons. The van der Waals surface area contributed by atoms with Gasteiger partial charge in [0.05, 0.1) is 11.9 Å². The summed E-state index contributed by atoms with van der Waals surface area (Å²) >= 11 is 0. The molecule has 0 aromatic carbocycles. The molecule has 1 fully saturated rings. The highest BCUT2D eigenvalue weighted by Crippen LogP contribution is 2.26. The number of nitrogens with zero attached hydrogens (tertiary/aromatic N) is 5. The molecule has 0 amide bonds. The Balaban J connectivity index is 1.84. The molecule has 6 heteroatoms. The summed E-state index contributed by atoms with van der Waals surface area (Å²) in [7, 11) is 2.19. The summed E-state index contributed by atoms with van der Waals surface area (Å²) in [5.41, 5.74) is 3.62. The van der Waals surface area contributed by atoms with Crippen molar-refractivity contribution in [3.63, 3.8) is 0 Å². The van der Waals surface area contributed by atoms with Gasteiger partial charge in [-0.05, 0) is 20.0 Å². The van der Waals surface area contributed by atoms with Crippen LogP contribution in [0.3, 0.4) is 0 Å². The number of likely N-dealkylation sites (N-methyl/N-ethyl adjacent to an activating group) is 1. The third-order valence-electron chi connectivity index (χ3n) is 4.58. The average molecular weight is 286 g/mol. The van der Waals surface area contributed by atoms with Gasteiger partial charge in [0.2, 0.25) is 0 Å². The summed E-state index contributed by atoms with van der Waals surface area (Å²) < 4.78 is 2.04. The molecule has 6 nitrogen and oxygen atoms in total. The topological polar surface area (TPSA) is 48.7 Å². The second kappa shape index (κ2) is 5.27. The zero-order valence-electron chi connectivity index (χ0n) is 12.5. The van der Waals surface area contributed by atoms with Gasteiger partial charge in [-0.3, -0.25) is 0 Å². The van der Waals surface area contributed by atoms with Gasteiger partial charge < -0.3 is 15.1 Å². The van der Waals surface area contributed by atoms with Crippen molar-refractivity contribution < 1.29 is 0 Å². The van der Waals surface area contributed by atoms with Crippen molar-refractivity contribution in [1.82, 2.24) is 24.8 Å². The van der Waals surface area contributed by atoms with E-state index in [-0.39, 0.29) is 0 Å². The van der Waals surface area contributed by atoms with E-state index < -0.39 is 0 Å². The SMILES string of the molecule is CN1CCN(c2c3c(nc4ccnn24)CCNCC3)CC1. The minimum atomic E-state index is 0.976. The molecular formula is C15H22N6. The lowest BCUT2D eigenvalue weighted by molar-refractivity contribution is 0.311. The maximum absolute atomic E-state index is 4.83. The van der Waals surface area contributed by atoms with Crippen LogP contribution >= 0.6 is 0 Å². The van der Waals surface area contributed by atoms with Crippen molar-refractivity contribution in [3.8, 4) is 0 Å². The molecule has 0 saturated carbocycles. The number of aromatic nitrogens is 3. The first-order chi connectivity index (χ1) is 10.3. The first kappa shape index (κ1) is 13.0. The molecule has 2 aromatic heterocycles. The molecule has 4 rings (SSSR count). The van der Waals surface area contributed by atoms with Crippen molar-refractivity contribution in [3.05, 3.63) is 23.5 Å². The lowest BCUT2D eigenvalue weighted by Gasteiger charge is -2.35. The van der Waals surface area contributed by atoms with E-state index in [2.05, 4.69) is 27.3 Å². The van der Waals surface area contributed by atoms with Gasteiger partial charge in [0.15, 0.2) is 5.65 Å². The lowest BCUT2D eigenvalue weighted by atomic mass is 10.1. The maximum Gasteiger partial charge on any atom is 0.157 e. The highest BCUT2D eigenvalue weighted by molar-refractivity contribution is 5.57. The Morgan fingerprint density at radius 2 is 1.90 bits per heavy atom. The quantitative estimate of drug-likeness (QED) is 0.810. The van der Waals surface area contributed by atoms with Gasteiger partial charge in [0, 0.05) is 50.8 Å². The van der Waals surface area contributed by atoms with E-state index in [1.54, 1.807) is 0 Å². The van der Waals surface area contributed by atoms with E-state index in [0.717, 1.165) is 57.8 Å². The molecule has 1 saturated heterocycles. The van der Waals surface area contributed by atoms with Gasteiger partial charge >= 0.3 is 0 Å². The Labute approximate surface area is 124 Å². The molecule has 2 aliphatic rings. The maximum atomic E-state index is 4.83. The van der Waals surface area contributed by atoms with Crippen LogP contribution in [0.15, 0.2) is 12.3 Å². The summed E-state index contributed by atoms with van der Waals surface area (Å²) in [5, 5.41) is 8.01. The number of hydrogen-bond acceptors (Lipinski definition) is 5. The number of fused-ring (bicyclic) bond motifs is 2. The Morgan fingerprint density at radius 1 is 1.10 bits per heavy atom. The van der Waals surface area contributed by atoms with Crippen LogP contribution in [0, 0.1) is 0 Å². The number of piperazine rings is 1. The minimum Gasteiger partial charge on any atom is -0.354 e. The normalized spacial score (nSPS) is 20.5. The number of hydrogen-bond donors (Lipinski definition) is 1. The average Bonchev–Trinajstić information content (AvgIpc) is 2.83. The van der Waals surface area contributed by atoms with E-state index in [1.165, 1.54) is 17.1 Å². The predicted octanol–water partition coefficient (Wildman–Crippen LogP) is 0.169. The second-order valence-corrected chi connectivity index (χ2v) is 6.00. The molecule has 2 aliphatic heterocycles. The molecule has 0 bridgehead atoms. The first-order valence-electron chi connectivity index (χ1n) is 7.82. The van der Waals surface area contributed by atoms with Crippen LogP contribution in [0.25, 0.3) is 5.65 Å². The minimum absolute atomic E-state index is 0.976. The molecule has 112 valence electrons. The summed E-state index contributed by atoms with van der Waals surface area (Å²) in [6, 6.07) is 2.01. The summed E-state index contributed by atoms with van der Waals surface area (Å²) in [6.07, 6.45) is 3.91. The molecule has 0 atom stereocenters. The van der Waals surface area contributed by atoms with E-state index in [4.69, 9.17) is 4.98 Å². The van der Waals surface area contributed by atoms with E-state index in [0.29, 0.717) is 0 Å². The fourth-order valence-electron chi connectivity index (χ4n) is 3.36. The van der Waals surface area contributed by atoms with Crippen LogP contribution in [0.5, 0.6) is 0 Å². The largest absolute Gasteiger partial charge is 0.354 e. The van der Waals surface area contributed by atoms with Crippen molar-refractivity contribution in [1.29, 1.82) is 0 Å². The highest BCUT2D eigenvalue weighted by Gasteiger charge is 2.24. The summed E-state index contributed by atoms with van der Waals surface area (Å²) in [5.74, 6) is 1.27. The van der Waals surface area contributed by atoms with Crippen LogP contribution in [0.1, 0.15) is 11.3 Å². The van der Waals surface area contributed by atoms with Crippen LogP contribution in [0.2, 0.25) is 0 Å². The lowest BCUT2D eigenvalue weighted by Crippen LogP contribution is -2.45. The fraction of sp³-hybridized carbons (Fsp3) is 0.600. The molecule has 0 aliphatic carbocycles. The molecule has 1 N–H and O–H groups in total. The van der Waals surface area contributed by atoms with Gasteiger partial charge in [0.1, 0.15) is 5.82 Å². The van der Waals surface area contributed by atoms with E-state index >= 15 is 0 Å².